The number of thioether (sulfide) groups is 1. The van der Waals surface area contributed by atoms with Gasteiger partial charge in [0, 0.05) is 5.75 Å². The van der Waals surface area contributed by atoms with E-state index in [2.05, 4.69) is 89.2 Å². The number of hydrogen-bond donors (Lipinski definition) is 2. The molecule has 32 heavy (non-hydrogen) atoms. The van der Waals surface area contributed by atoms with Crippen LogP contribution in [0.2, 0.25) is 0 Å². The Morgan fingerprint density at radius 3 is 1.81 bits per heavy atom. The Kier molecular flexibility index (Phi) is 7.10. The number of halogens is 1. The Balaban J connectivity index is 0.00000245. The van der Waals surface area contributed by atoms with Crippen LogP contribution >= 0.6 is 11.8 Å². The van der Waals surface area contributed by atoms with Crippen LogP contribution in [0.3, 0.4) is 0 Å². The number of hydrogen-bond acceptors (Lipinski definition) is 1. The average molecular weight is 455 g/mol. The van der Waals surface area contributed by atoms with E-state index in [1.807, 2.05) is 36.4 Å². The first-order valence-corrected chi connectivity index (χ1v) is 11.4. The Bertz CT molecular complexity index is 1300. The van der Waals surface area contributed by atoms with Crippen LogP contribution < -0.4 is 22.7 Å². The molecule has 4 heteroatoms. The van der Waals surface area contributed by atoms with Crippen molar-refractivity contribution in [3.63, 3.8) is 0 Å². The maximum Gasteiger partial charge on any atom is 0.314 e. The molecular weight excluding hydrogens is 432 g/mol. The molecule has 0 spiro atoms. The lowest BCUT2D eigenvalue weighted by molar-refractivity contribution is -0.349. The van der Waals surface area contributed by atoms with Crippen molar-refractivity contribution in [2.24, 2.45) is 0 Å². The summed E-state index contributed by atoms with van der Waals surface area (Å²) in [6, 6.07) is 40.2. The van der Waals surface area contributed by atoms with E-state index in [0.29, 0.717) is 0 Å². The Hall–Kier alpha value is -3.27. The van der Waals surface area contributed by atoms with Gasteiger partial charge >= 0.3 is 5.17 Å². The van der Waals surface area contributed by atoms with Crippen molar-refractivity contribution in [1.29, 1.82) is 0 Å². The van der Waals surface area contributed by atoms with E-state index in [1.54, 1.807) is 11.8 Å². The third-order valence-electron chi connectivity index (χ3n) is 5.31. The topological polar surface area (TPSA) is 26.0 Å². The van der Waals surface area contributed by atoms with Gasteiger partial charge in [-0.25, -0.2) is 10.3 Å². The molecule has 5 aromatic rings. The van der Waals surface area contributed by atoms with Crippen molar-refractivity contribution < 1.29 is 17.4 Å². The first-order chi connectivity index (χ1) is 15.4. The highest BCUT2D eigenvalue weighted by molar-refractivity contribution is 8.13. The van der Waals surface area contributed by atoms with Gasteiger partial charge in [0.25, 0.3) is 0 Å². The van der Waals surface area contributed by atoms with Gasteiger partial charge in [0.2, 0.25) is 0 Å². The van der Waals surface area contributed by atoms with Crippen molar-refractivity contribution in [3.8, 4) is 0 Å². The number of nitrogens with one attached hydrogen (secondary N) is 2. The smallest absolute Gasteiger partial charge is 0.314 e. The standard InChI is InChI=1S/C28H22N2S.ClH/c1-3-13-23(14-4-1)29-28(30-24-15-5-2-6-16-24)31-20-27-25-17-9-7-11-21(25)19-22-12-8-10-18-26(22)27;/h1-19H,20H2,(H,29,30);1H. The summed E-state index contributed by atoms with van der Waals surface area (Å²) in [6.45, 7) is 0. The van der Waals surface area contributed by atoms with Crippen molar-refractivity contribution in [3.05, 3.63) is 121 Å². The predicted octanol–water partition coefficient (Wildman–Crippen LogP) is 3.11. The van der Waals surface area contributed by atoms with Gasteiger partial charge in [-0.15, -0.1) is 0 Å². The summed E-state index contributed by atoms with van der Waals surface area (Å²) in [5.41, 5.74) is 3.49. The minimum absolute atomic E-state index is 0. The number of amidine groups is 1. The van der Waals surface area contributed by atoms with E-state index in [4.69, 9.17) is 0 Å². The molecule has 0 saturated carbocycles. The minimum Gasteiger partial charge on any atom is -1.00 e. The van der Waals surface area contributed by atoms with Gasteiger partial charge < -0.3 is 12.4 Å². The SMILES string of the molecule is [Cl-].c1ccc(NC(=[NH+]c2ccccc2)SCc2c3ccccc3cc3ccccc23)cc1. The zero-order chi connectivity index (χ0) is 20.9. The van der Waals surface area contributed by atoms with Crippen LogP contribution in [0, 0.1) is 0 Å². The van der Waals surface area contributed by atoms with E-state index in [-0.39, 0.29) is 12.4 Å². The number of fused-ring (bicyclic) bond motifs is 2. The Morgan fingerprint density at radius 2 is 1.19 bits per heavy atom. The fraction of sp³-hybridized carbons (Fsp3) is 0.0357. The van der Waals surface area contributed by atoms with Gasteiger partial charge in [-0.1, -0.05) is 84.9 Å². The van der Waals surface area contributed by atoms with Crippen LogP contribution in [0.5, 0.6) is 0 Å². The van der Waals surface area contributed by atoms with Crippen molar-refractivity contribution >= 4 is 49.8 Å². The van der Waals surface area contributed by atoms with Crippen LogP contribution in [-0.4, -0.2) is 5.17 Å². The van der Waals surface area contributed by atoms with E-state index in [1.165, 1.54) is 27.1 Å². The molecule has 0 fully saturated rings. The molecule has 2 N–H and O–H groups in total. The predicted molar refractivity (Wildman–Crippen MR) is 135 cm³/mol. The summed E-state index contributed by atoms with van der Waals surface area (Å²) in [7, 11) is 0. The summed E-state index contributed by atoms with van der Waals surface area (Å²) in [6.07, 6.45) is 0. The fourth-order valence-corrected chi connectivity index (χ4v) is 4.80. The third-order valence-corrected chi connectivity index (χ3v) is 6.23. The molecule has 0 aliphatic heterocycles. The first kappa shape index (κ1) is 21.9. The Labute approximate surface area is 198 Å². The molecular formula is C28H23ClN2S. The second-order valence-corrected chi connectivity index (χ2v) is 8.38. The molecule has 0 amide bonds. The molecule has 0 heterocycles. The minimum atomic E-state index is 0. The zero-order valence-electron chi connectivity index (χ0n) is 17.5. The second kappa shape index (κ2) is 10.4. The summed E-state index contributed by atoms with van der Waals surface area (Å²) >= 11 is 1.79. The average Bonchev–Trinajstić information content (AvgIpc) is 2.83. The quantitative estimate of drug-likeness (QED) is 0.248. The number of anilines is 1. The zero-order valence-corrected chi connectivity index (χ0v) is 19.0. The largest absolute Gasteiger partial charge is 1.00 e. The van der Waals surface area contributed by atoms with Crippen LogP contribution in [0.4, 0.5) is 11.4 Å². The lowest BCUT2D eigenvalue weighted by atomic mass is 9.98. The maximum absolute atomic E-state index is 3.56. The van der Waals surface area contributed by atoms with Gasteiger partial charge in [-0.3, -0.25) is 0 Å². The molecule has 0 saturated heterocycles. The van der Waals surface area contributed by atoms with Gasteiger partial charge in [0.05, 0.1) is 0 Å². The first-order valence-electron chi connectivity index (χ1n) is 10.4. The van der Waals surface area contributed by atoms with Gasteiger partial charge in [-0.05, 0) is 69.2 Å². The Morgan fingerprint density at radius 1 is 0.656 bits per heavy atom. The lowest BCUT2D eigenvalue weighted by Crippen LogP contribution is -3.00. The van der Waals surface area contributed by atoms with Gasteiger partial charge in [0.1, 0.15) is 11.4 Å². The van der Waals surface area contributed by atoms with Crippen molar-refractivity contribution in [1.82, 2.24) is 0 Å². The summed E-state index contributed by atoms with van der Waals surface area (Å²) in [5.74, 6) is 0.858. The van der Waals surface area contributed by atoms with Gasteiger partial charge in [0.15, 0.2) is 0 Å². The summed E-state index contributed by atoms with van der Waals surface area (Å²) in [5, 5.41) is 9.76. The molecule has 2 nitrogen and oxygen atoms in total. The summed E-state index contributed by atoms with van der Waals surface area (Å²) in [4.78, 5) is 3.56. The van der Waals surface area contributed by atoms with E-state index >= 15 is 0 Å². The van der Waals surface area contributed by atoms with E-state index < -0.39 is 0 Å². The van der Waals surface area contributed by atoms with Crippen LogP contribution in [-0.2, 0) is 5.75 Å². The number of benzene rings is 5. The van der Waals surface area contributed by atoms with E-state index in [0.717, 1.165) is 22.3 Å². The second-order valence-electron chi connectivity index (χ2n) is 7.40. The third kappa shape index (κ3) is 4.96. The molecule has 0 bridgehead atoms. The molecule has 0 aliphatic rings. The van der Waals surface area contributed by atoms with Gasteiger partial charge in [-0.2, -0.15) is 0 Å². The molecule has 0 aromatic heterocycles. The molecule has 5 rings (SSSR count). The van der Waals surface area contributed by atoms with Crippen LogP contribution in [0.25, 0.3) is 21.5 Å². The number of rotatable bonds is 4. The highest BCUT2D eigenvalue weighted by atomic mass is 35.5. The van der Waals surface area contributed by atoms with E-state index in [9.17, 15) is 0 Å². The lowest BCUT2D eigenvalue weighted by Gasteiger charge is -2.11. The van der Waals surface area contributed by atoms with Crippen LogP contribution in [0.1, 0.15) is 5.56 Å². The normalized spacial score (nSPS) is 11.3. The molecule has 158 valence electrons. The number of para-hydroxylation sites is 2. The molecule has 0 radical (unpaired) electrons. The molecule has 5 aromatic carbocycles. The summed E-state index contributed by atoms with van der Waals surface area (Å²) < 4.78 is 0. The highest BCUT2D eigenvalue weighted by Gasteiger charge is 2.14. The van der Waals surface area contributed by atoms with Crippen LogP contribution in [0.15, 0.2) is 115 Å². The monoisotopic (exact) mass is 454 g/mol. The molecule has 0 aliphatic carbocycles. The molecule has 0 unspecified atom stereocenters. The van der Waals surface area contributed by atoms with Crippen molar-refractivity contribution in [2.45, 2.75) is 5.75 Å². The van der Waals surface area contributed by atoms with Crippen molar-refractivity contribution in [2.75, 3.05) is 5.32 Å². The maximum atomic E-state index is 3.56. The highest BCUT2D eigenvalue weighted by Crippen LogP contribution is 2.31. The fourth-order valence-electron chi connectivity index (χ4n) is 3.82. The molecule has 0 atom stereocenters.